The van der Waals surface area contributed by atoms with Crippen molar-refractivity contribution in [2.75, 3.05) is 0 Å². The molecule has 138 valence electrons. The molecule has 0 unspecified atom stereocenters. The van der Waals surface area contributed by atoms with E-state index >= 15 is 0 Å². The van der Waals surface area contributed by atoms with Crippen LogP contribution in [0.1, 0.15) is 57.9 Å². The molecule has 2 rings (SSSR count). The van der Waals surface area contributed by atoms with Crippen molar-refractivity contribution in [1.29, 1.82) is 0 Å². The average molecular weight is 385 g/mol. The first-order valence-electron chi connectivity index (χ1n) is 8.96. The lowest BCUT2D eigenvalue weighted by atomic mass is 9.95. The molecule has 0 saturated heterocycles. The molecule has 0 aliphatic heterocycles. The molecule has 1 saturated carbocycles. The minimum absolute atomic E-state index is 0.0580. The fraction of sp³-hybridized carbons (Fsp3) is 0.579. The molecule has 0 spiro atoms. The number of hydrogen-bond donors (Lipinski definition) is 1. The maximum atomic E-state index is 12.6. The second-order valence-corrected chi connectivity index (χ2v) is 7.46. The molecular formula is C19H26Cl2N2O2. The number of benzene rings is 1. The van der Waals surface area contributed by atoms with Crippen LogP contribution in [-0.4, -0.2) is 28.8 Å². The number of nitrogens with zero attached hydrogens (tertiary/aromatic N) is 1. The SMILES string of the molecule is CCC(=O)N(Cc1ccc(Cl)c(Cl)c1)[C@@H](C)C(=O)NC1CCCCC1. The van der Waals surface area contributed by atoms with Gasteiger partial charge in [0, 0.05) is 19.0 Å². The number of amides is 2. The normalized spacial score (nSPS) is 16.3. The van der Waals surface area contributed by atoms with Gasteiger partial charge in [0.05, 0.1) is 10.0 Å². The molecule has 0 aromatic heterocycles. The monoisotopic (exact) mass is 384 g/mol. The fourth-order valence-electron chi connectivity index (χ4n) is 3.19. The van der Waals surface area contributed by atoms with Gasteiger partial charge in [-0.1, -0.05) is 55.5 Å². The molecule has 6 heteroatoms. The van der Waals surface area contributed by atoms with E-state index in [0.29, 0.717) is 23.0 Å². The molecule has 1 aromatic carbocycles. The Morgan fingerprint density at radius 2 is 1.88 bits per heavy atom. The fourth-order valence-corrected chi connectivity index (χ4v) is 3.51. The van der Waals surface area contributed by atoms with Gasteiger partial charge < -0.3 is 10.2 Å². The Morgan fingerprint density at radius 3 is 2.48 bits per heavy atom. The third-order valence-corrected chi connectivity index (χ3v) is 5.50. The molecule has 4 nitrogen and oxygen atoms in total. The van der Waals surface area contributed by atoms with Crippen molar-refractivity contribution in [3.05, 3.63) is 33.8 Å². The highest BCUT2D eigenvalue weighted by molar-refractivity contribution is 6.42. The summed E-state index contributed by atoms with van der Waals surface area (Å²) < 4.78 is 0. The standard InChI is InChI=1S/C19H26Cl2N2O2/c1-3-18(24)23(12-14-9-10-16(20)17(21)11-14)13(2)19(25)22-15-7-5-4-6-8-15/h9-11,13,15H,3-8,12H2,1-2H3,(H,22,25)/t13-/m0/s1. The summed E-state index contributed by atoms with van der Waals surface area (Å²) in [6.07, 6.45) is 5.93. The predicted octanol–water partition coefficient (Wildman–Crippen LogP) is 4.57. The lowest BCUT2D eigenvalue weighted by Gasteiger charge is -2.31. The minimum Gasteiger partial charge on any atom is -0.352 e. The maximum Gasteiger partial charge on any atom is 0.242 e. The summed E-state index contributed by atoms with van der Waals surface area (Å²) in [5, 5.41) is 4.02. The Labute approximate surface area is 159 Å². The quantitative estimate of drug-likeness (QED) is 0.780. The van der Waals surface area contributed by atoms with Gasteiger partial charge in [-0.15, -0.1) is 0 Å². The van der Waals surface area contributed by atoms with Crippen LogP contribution < -0.4 is 5.32 Å². The lowest BCUT2D eigenvalue weighted by molar-refractivity contribution is -0.140. The van der Waals surface area contributed by atoms with Gasteiger partial charge in [-0.25, -0.2) is 0 Å². The van der Waals surface area contributed by atoms with Crippen molar-refractivity contribution in [2.24, 2.45) is 0 Å². The first kappa shape index (κ1) is 20.1. The van der Waals surface area contributed by atoms with Crippen LogP contribution in [0.4, 0.5) is 0 Å². The summed E-state index contributed by atoms with van der Waals surface area (Å²) in [6, 6.07) is 4.98. The van der Waals surface area contributed by atoms with Crippen LogP contribution in [0.15, 0.2) is 18.2 Å². The molecular weight excluding hydrogens is 359 g/mol. The van der Waals surface area contributed by atoms with Crippen molar-refractivity contribution < 1.29 is 9.59 Å². The van der Waals surface area contributed by atoms with Crippen molar-refractivity contribution in [2.45, 2.75) is 71.0 Å². The third kappa shape index (κ3) is 5.61. The summed E-state index contributed by atoms with van der Waals surface area (Å²) in [6.45, 7) is 3.92. The van der Waals surface area contributed by atoms with Crippen LogP contribution in [0.5, 0.6) is 0 Å². The van der Waals surface area contributed by atoms with Crippen molar-refractivity contribution in [1.82, 2.24) is 10.2 Å². The van der Waals surface area contributed by atoms with E-state index in [1.165, 1.54) is 6.42 Å². The molecule has 1 aliphatic rings. The Kier molecular flexibility index (Phi) is 7.57. The Balaban J connectivity index is 2.07. The molecule has 2 amide bonds. The molecule has 0 heterocycles. The van der Waals surface area contributed by atoms with Gasteiger partial charge in [0.25, 0.3) is 0 Å². The molecule has 0 bridgehead atoms. The lowest BCUT2D eigenvalue weighted by Crippen LogP contribution is -2.50. The topological polar surface area (TPSA) is 49.4 Å². The number of rotatable bonds is 6. The van der Waals surface area contributed by atoms with Gasteiger partial charge in [0.2, 0.25) is 11.8 Å². The van der Waals surface area contributed by atoms with E-state index in [1.807, 2.05) is 6.07 Å². The van der Waals surface area contributed by atoms with Crippen molar-refractivity contribution in [3.8, 4) is 0 Å². The zero-order valence-corrected chi connectivity index (χ0v) is 16.4. The number of carbonyl (C=O) groups is 2. The van der Waals surface area contributed by atoms with E-state index < -0.39 is 6.04 Å². The molecule has 1 N–H and O–H groups in total. The third-order valence-electron chi connectivity index (χ3n) is 4.76. The van der Waals surface area contributed by atoms with E-state index in [2.05, 4.69) is 5.32 Å². The zero-order chi connectivity index (χ0) is 18.4. The molecule has 25 heavy (non-hydrogen) atoms. The van der Waals surface area contributed by atoms with E-state index in [0.717, 1.165) is 31.2 Å². The van der Waals surface area contributed by atoms with E-state index in [9.17, 15) is 9.59 Å². The second kappa shape index (κ2) is 9.44. The summed E-state index contributed by atoms with van der Waals surface area (Å²) in [4.78, 5) is 26.6. The van der Waals surface area contributed by atoms with Gasteiger partial charge in [0.15, 0.2) is 0 Å². The van der Waals surface area contributed by atoms with Crippen LogP contribution in [0.3, 0.4) is 0 Å². The van der Waals surface area contributed by atoms with E-state index in [-0.39, 0.29) is 17.9 Å². The number of nitrogens with one attached hydrogen (secondary N) is 1. The second-order valence-electron chi connectivity index (χ2n) is 6.64. The molecule has 1 fully saturated rings. The van der Waals surface area contributed by atoms with Gasteiger partial charge >= 0.3 is 0 Å². The van der Waals surface area contributed by atoms with Crippen LogP contribution in [0.25, 0.3) is 0 Å². The van der Waals surface area contributed by atoms with Crippen LogP contribution in [0, 0.1) is 0 Å². The minimum atomic E-state index is -0.524. The van der Waals surface area contributed by atoms with Crippen LogP contribution >= 0.6 is 23.2 Å². The summed E-state index contributed by atoms with van der Waals surface area (Å²) >= 11 is 12.0. The first-order chi connectivity index (χ1) is 11.9. The Morgan fingerprint density at radius 1 is 1.20 bits per heavy atom. The van der Waals surface area contributed by atoms with Crippen LogP contribution in [0.2, 0.25) is 10.0 Å². The van der Waals surface area contributed by atoms with Gasteiger partial charge in [-0.05, 0) is 37.5 Å². The first-order valence-corrected chi connectivity index (χ1v) is 9.71. The highest BCUT2D eigenvalue weighted by Gasteiger charge is 2.27. The number of carbonyl (C=O) groups excluding carboxylic acids is 2. The summed E-state index contributed by atoms with van der Waals surface area (Å²) in [7, 11) is 0. The Hall–Kier alpha value is -1.26. The average Bonchev–Trinajstić information content (AvgIpc) is 2.62. The molecule has 1 atom stereocenters. The molecule has 1 aliphatic carbocycles. The van der Waals surface area contributed by atoms with Gasteiger partial charge in [0.1, 0.15) is 6.04 Å². The molecule has 0 radical (unpaired) electrons. The zero-order valence-electron chi connectivity index (χ0n) is 14.9. The van der Waals surface area contributed by atoms with Crippen molar-refractivity contribution in [3.63, 3.8) is 0 Å². The number of hydrogen-bond acceptors (Lipinski definition) is 2. The Bertz CT molecular complexity index is 615. The van der Waals surface area contributed by atoms with Crippen LogP contribution in [-0.2, 0) is 16.1 Å². The van der Waals surface area contributed by atoms with Gasteiger partial charge in [-0.2, -0.15) is 0 Å². The smallest absolute Gasteiger partial charge is 0.242 e. The largest absolute Gasteiger partial charge is 0.352 e. The highest BCUT2D eigenvalue weighted by Crippen LogP contribution is 2.24. The predicted molar refractivity (Wildman–Crippen MR) is 102 cm³/mol. The number of halogens is 2. The van der Waals surface area contributed by atoms with E-state index in [4.69, 9.17) is 23.2 Å². The van der Waals surface area contributed by atoms with E-state index in [1.54, 1.807) is 30.9 Å². The van der Waals surface area contributed by atoms with Gasteiger partial charge in [-0.3, -0.25) is 9.59 Å². The van der Waals surface area contributed by atoms with Crippen molar-refractivity contribution >= 4 is 35.0 Å². The summed E-state index contributed by atoms with van der Waals surface area (Å²) in [5.41, 5.74) is 0.855. The molecule has 1 aromatic rings. The summed E-state index contributed by atoms with van der Waals surface area (Å²) in [5.74, 6) is -0.147. The highest BCUT2D eigenvalue weighted by atomic mass is 35.5. The maximum absolute atomic E-state index is 12.6.